The van der Waals surface area contributed by atoms with Crippen molar-refractivity contribution in [1.82, 2.24) is 4.90 Å². The average Bonchev–Trinajstić information content (AvgIpc) is 2.81. The van der Waals surface area contributed by atoms with Gasteiger partial charge in [0.1, 0.15) is 5.78 Å². The maximum Gasteiger partial charge on any atom is 0.246 e. The van der Waals surface area contributed by atoms with Crippen LogP contribution in [0.3, 0.4) is 0 Å². The summed E-state index contributed by atoms with van der Waals surface area (Å²) in [7, 11) is 1.98. The predicted molar refractivity (Wildman–Crippen MR) is 98.8 cm³/mol. The molecule has 0 unspecified atom stereocenters. The highest BCUT2D eigenvalue weighted by molar-refractivity contribution is 5.89. The average molecular weight is 344 g/mol. The minimum Gasteiger partial charge on any atom is -0.338 e. The van der Waals surface area contributed by atoms with Gasteiger partial charge in [0.25, 0.3) is 0 Å². The SMILES string of the molecule is CC(=O)[C@H]1[C@@H](C)C[C@H]2[C@@H]3CC[C@H]4N(C)C(=O)C=C[C@]4(C)[C@H]3CC[C@@]21C. The van der Waals surface area contributed by atoms with Gasteiger partial charge >= 0.3 is 0 Å². The Morgan fingerprint density at radius 3 is 2.60 bits per heavy atom. The summed E-state index contributed by atoms with van der Waals surface area (Å²) in [4.78, 5) is 26.5. The molecule has 138 valence electrons. The Balaban J connectivity index is 1.70. The lowest BCUT2D eigenvalue weighted by molar-refractivity contribution is -0.141. The van der Waals surface area contributed by atoms with Gasteiger partial charge in [-0.15, -0.1) is 0 Å². The van der Waals surface area contributed by atoms with E-state index in [-0.39, 0.29) is 22.7 Å². The second-order valence-corrected chi connectivity index (χ2v) is 9.96. The first kappa shape index (κ1) is 17.3. The molecule has 1 heterocycles. The topological polar surface area (TPSA) is 37.4 Å². The van der Waals surface area contributed by atoms with Crippen molar-refractivity contribution >= 4 is 11.7 Å². The summed E-state index contributed by atoms with van der Waals surface area (Å²) in [5.74, 6) is 3.35. The van der Waals surface area contributed by atoms with Gasteiger partial charge in [0.2, 0.25) is 5.91 Å². The molecule has 1 aliphatic heterocycles. The van der Waals surface area contributed by atoms with E-state index in [1.165, 1.54) is 25.7 Å². The predicted octanol–water partition coefficient (Wildman–Crippen LogP) is 4.08. The number of Topliss-reactive ketones (excluding diaryl/α,β-unsaturated/α-hetero) is 1. The fourth-order valence-electron chi connectivity index (χ4n) is 7.97. The zero-order valence-corrected chi connectivity index (χ0v) is 16.4. The van der Waals surface area contributed by atoms with Crippen LogP contribution in [-0.2, 0) is 9.59 Å². The van der Waals surface area contributed by atoms with Gasteiger partial charge < -0.3 is 4.90 Å². The van der Waals surface area contributed by atoms with Gasteiger partial charge in [0.05, 0.1) is 0 Å². The number of carbonyl (C=O) groups is 2. The van der Waals surface area contributed by atoms with Crippen LogP contribution in [0.5, 0.6) is 0 Å². The Labute approximate surface area is 152 Å². The van der Waals surface area contributed by atoms with Crippen molar-refractivity contribution in [2.75, 3.05) is 7.05 Å². The van der Waals surface area contributed by atoms with Gasteiger partial charge in [-0.3, -0.25) is 9.59 Å². The fourth-order valence-corrected chi connectivity index (χ4v) is 7.97. The van der Waals surface area contributed by atoms with Gasteiger partial charge in [0.15, 0.2) is 0 Å². The second kappa shape index (κ2) is 5.44. The summed E-state index contributed by atoms with van der Waals surface area (Å²) < 4.78 is 0. The van der Waals surface area contributed by atoms with Crippen molar-refractivity contribution < 1.29 is 9.59 Å². The van der Waals surface area contributed by atoms with Gasteiger partial charge in [-0.2, -0.15) is 0 Å². The van der Waals surface area contributed by atoms with Crippen LogP contribution in [0.2, 0.25) is 0 Å². The summed E-state index contributed by atoms with van der Waals surface area (Å²) in [5, 5.41) is 0. The molecule has 0 N–H and O–H groups in total. The van der Waals surface area contributed by atoms with Crippen LogP contribution in [0.1, 0.15) is 59.8 Å². The van der Waals surface area contributed by atoms with E-state index in [1.54, 1.807) is 0 Å². The van der Waals surface area contributed by atoms with Gasteiger partial charge in [-0.05, 0) is 74.2 Å². The molecule has 0 saturated heterocycles. The summed E-state index contributed by atoms with van der Waals surface area (Å²) in [6.07, 6.45) is 9.95. The molecule has 0 radical (unpaired) electrons. The normalized spacial score (nSPS) is 51.7. The molecule has 3 fully saturated rings. The Bertz CT molecular complexity index is 640. The molecular formula is C22H33NO2. The van der Waals surface area contributed by atoms with Crippen molar-refractivity contribution in [2.24, 2.45) is 40.4 Å². The molecule has 4 rings (SSSR count). The number of likely N-dealkylation sites (N-methyl/N-ethyl adjacent to an activating group) is 1. The van der Waals surface area contributed by atoms with Crippen molar-refractivity contribution in [3.63, 3.8) is 0 Å². The second-order valence-electron chi connectivity index (χ2n) is 9.96. The number of amides is 1. The maximum atomic E-state index is 12.4. The molecule has 3 nitrogen and oxygen atoms in total. The highest BCUT2D eigenvalue weighted by Gasteiger charge is 2.62. The lowest BCUT2D eigenvalue weighted by atomic mass is 9.47. The monoisotopic (exact) mass is 343 g/mol. The third-order valence-electron chi connectivity index (χ3n) is 8.91. The maximum absolute atomic E-state index is 12.4. The third kappa shape index (κ3) is 2.16. The van der Waals surface area contributed by atoms with E-state index in [0.717, 1.165) is 6.42 Å². The summed E-state index contributed by atoms with van der Waals surface area (Å²) in [5.41, 5.74) is 0.292. The number of hydrogen-bond donors (Lipinski definition) is 0. The Kier molecular flexibility index (Phi) is 3.76. The highest BCUT2D eigenvalue weighted by atomic mass is 16.2. The van der Waals surface area contributed by atoms with E-state index in [0.29, 0.717) is 35.5 Å². The molecule has 0 aromatic rings. The standard InChI is InChI=1S/C22H33NO2/c1-13-12-17-15-6-7-18-21(3,11-9-19(25)23(18)5)16(15)8-10-22(17,4)20(13)14(2)24/h9,11,13,15-18,20H,6-8,10,12H2,1-5H3/t13-,15+,16-,17-,18+,20+,21+,22-/m0/s1. The number of nitrogens with zero attached hydrogens (tertiary/aromatic N) is 1. The smallest absolute Gasteiger partial charge is 0.246 e. The van der Waals surface area contributed by atoms with Crippen molar-refractivity contribution in [3.05, 3.63) is 12.2 Å². The number of carbonyl (C=O) groups excluding carboxylic acids is 2. The fraction of sp³-hybridized carbons (Fsp3) is 0.818. The third-order valence-corrected chi connectivity index (χ3v) is 8.91. The van der Waals surface area contributed by atoms with Gasteiger partial charge in [-0.1, -0.05) is 26.8 Å². The first-order valence-corrected chi connectivity index (χ1v) is 10.2. The molecule has 8 atom stereocenters. The summed E-state index contributed by atoms with van der Waals surface area (Å²) in [6.45, 7) is 8.90. The van der Waals surface area contributed by atoms with Gasteiger partial charge in [-0.25, -0.2) is 0 Å². The Morgan fingerprint density at radius 1 is 1.20 bits per heavy atom. The van der Waals surface area contributed by atoms with E-state index in [2.05, 4.69) is 26.8 Å². The molecule has 1 amide bonds. The van der Waals surface area contributed by atoms with Crippen LogP contribution >= 0.6 is 0 Å². The first-order valence-electron chi connectivity index (χ1n) is 10.2. The van der Waals surface area contributed by atoms with Crippen LogP contribution in [0.15, 0.2) is 12.2 Å². The number of rotatable bonds is 1. The van der Waals surface area contributed by atoms with Crippen LogP contribution in [0, 0.1) is 40.4 Å². The highest BCUT2D eigenvalue weighted by Crippen LogP contribution is 2.66. The molecule has 3 aliphatic carbocycles. The molecule has 3 saturated carbocycles. The number of fused-ring (bicyclic) bond motifs is 5. The summed E-state index contributed by atoms with van der Waals surface area (Å²) in [6, 6.07) is 0.345. The van der Waals surface area contributed by atoms with E-state index in [9.17, 15) is 9.59 Å². The van der Waals surface area contributed by atoms with Crippen LogP contribution < -0.4 is 0 Å². The molecule has 4 aliphatic rings. The van der Waals surface area contributed by atoms with Crippen molar-refractivity contribution in [3.8, 4) is 0 Å². The zero-order chi connectivity index (χ0) is 18.1. The molecule has 0 aromatic heterocycles. The van der Waals surface area contributed by atoms with E-state index in [1.807, 2.05) is 24.9 Å². The van der Waals surface area contributed by atoms with E-state index < -0.39 is 0 Å². The first-order chi connectivity index (χ1) is 11.7. The van der Waals surface area contributed by atoms with Crippen molar-refractivity contribution in [1.29, 1.82) is 0 Å². The largest absolute Gasteiger partial charge is 0.338 e. The molecular weight excluding hydrogens is 310 g/mol. The minimum absolute atomic E-state index is 0.102. The Morgan fingerprint density at radius 2 is 1.92 bits per heavy atom. The Hall–Kier alpha value is -1.12. The quantitative estimate of drug-likeness (QED) is 0.719. The van der Waals surface area contributed by atoms with Crippen LogP contribution in [0.25, 0.3) is 0 Å². The van der Waals surface area contributed by atoms with Crippen LogP contribution in [-0.4, -0.2) is 29.7 Å². The van der Waals surface area contributed by atoms with Crippen LogP contribution in [0.4, 0.5) is 0 Å². The van der Waals surface area contributed by atoms with E-state index >= 15 is 0 Å². The molecule has 25 heavy (non-hydrogen) atoms. The number of ketones is 1. The molecule has 0 spiro atoms. The number of hydrogen-bond acceptors (Lipinski definition) is 2. The minimum atomic E-state index is 0.102. The molecule has 3 heteroatoms. The zero-order valence-electron chi connectivity index (χ0n) is 16.4. The lowest BCUT2D eigenvalue weighted by Gasteiger charge is -2.60. The molecule has 0 bridgehead atoms. The molecule has 0 aromatic carbocycles. The lowest BCUT2D eigenvalue weighted by Crippen LogP contribution is -2.59. The van der Waals surface area contributed by atoms with Gasteiger partial charge in [0, 0.05) is 24.4 Å². The van der Waals surface area contributed by atoms with Crippen molar-refractivity contribution in [2.45, 2.75) is 65.8 Å². The summed E-state index contributed by atoms with van der Waals surface area (Å²) >= 11 is 0. The van der Waals surface area contributed by atoms with E-state index in [4.69, 9.17) is 0 Å².